The van der Waals surface area contributed by atoms with E-state index in [0.29, 0.717) is 5.88 Å². The summed E-state index contributed by atoms with van der Waals surface area (Å²) >= 11 is 0. The molecule has 0 fully saturated rings. The van der Waals surface area contributed by atoms with Crippen molar-refractivity contribution < 1.29 is 9.84 Å². The molecule has 0 bridgehead atoms. The molecular formula is C30H28N2O2. The van der Waals surface area contributed by atoms with Gasteiger partial charge < -0.3 is 9.84 Å². The molecule has 0 radical (unpaired) electrons. The number of aryl methyl sites for hydroxylation is 1. The van der Waals surface area contributed by atoms with Crippen LogP contribution in [0.1, 0.15) is 42.0 Å². The van der Waals surface area contributed by atoms with E-state index in [4.69, 9.17) is 4.74 Å². The number of benzene rings is 2. The van der Waals surface area contributed by atoms with Crippen LogP contribution in [0.15, 0.2) is 77.4 Å². The highest BCUT2D eigenvalue weighted by Crippen LogP contribution is 2.37. The van der Waals surface area contributed by atoms with Crippen molar-refractivity contribution in [2.75, 3.05) is 7.11 Å². The van der Waals surface area contributed by atoms with Gasteiger partial charge in [-0.25, -0.2) is 4.98 Å². The molecule has 0 spiro atoms. The molecule has 0 amide bonds. The fourth-order valence-electron chi connectivity index (χ4n) is 4.28. The molecule has 0 aliphatic heterocycles. The predicted octanol–water partition coefficient (Wildman–Crippen LogP) is 6.44. The molecule has 1 heterocycles. The van der Waals surface area contributed by atoms with Gasteiger partial charge in [0.25, 0.3) is 0 Å². The van der Waals surface area contributed by atoms with Crippen molar-refractivity contribution in [1.29, 1.82) is 0 Å². The highest BCUT2D eigenvalue weighted by Gasteiger charge is 2.19. The lowest BCUT2D eigenvalue weighted by molar-refractivity contribution is 0.281. The maximum Gasteiger partial charge on any atom is 0.214 e. The van der Waals surface area contributed by atoms with Crippen molar-refractivity contribution >= 4 is 17.1 Å². The molecule has 4 rings (SSSR count). The minimum atomic E-state index is -0.0235. The molecule has 0 aliphatic carbocycles. The minimum absolute atomic E-state index is 0.00930. The fourth-order valence-corrected chi connectivity index (χ4v) is 4.28. The van der Waals surface area contributed by atoms with Gasteiger partial charge in [0, 0.05) is 29.8 Å². The summed E-state index contributed by atoms with van der Waals surface area (Å²) < 4.78 is 5.47. The number of aliphatic hydroxyl groups is 1. The quantitative estimate of drug-likeness (QED) is 0.331. The molecule has 4 aromatic rings. The van der Waals surface area contributed by atoms with Crippen LogP contribution in [-0.2, 0) is 6.61 Å². The molecule has 4 heteroatoms. The first kappa shape index (κ1) is 23.2. The average molecular weight is 449 g/mol. The fraction of sp³-hybridized carbons (Fsp3) is 0.200. The number of nitrogens with zero attached hydrogens (tertiary/aromatic N) is 2. The molecule has 0 aliphatic rings. The zero-order valence-corrected chi connectivity index (χ0v) is 20.0. The van der Waals surface area contributed by atoms with Crippen LogP contribution < -0.4 is 4.74 Å². The maximum absolute atomic E-state index is 9.86. The number of aliphatic hydroxyl groups excluding tert-OH is 1. The van der Waals surface area contributed by atoms with Crippen LogP contribution >= 0.6 is 0 Å². The molecule has 0 saturated heterocycles. The first-order chi connectivity index (χ1) is 16.5. The molecular weight excluding hydrogens is 420 g/mol. The van der Waals surface area contributed by atoms with Crippen LogP contribution in [0.25, 0.3) is 22.0 Å². The van der Waals surface area contributed by atoms with Gasteiger partial charge in [-0.3, -0.25) is 4.99 Å². The summed E-state index contributed by atoms with van der Waals surface area (Å²) in [5.41, 5.74) is 8.26. The number of ether oxygens (including phenoxy) is 1. The Morgan fingerprint density at radius 1 is 1.12 bits per heavy atom. The van der Waals surface area contributed by atoms with Gasteiger partial charge in [0.15, 0.2) is 0 Å². The van der Waals surface area contributed by atoms with E-state index < -0.39 is 0 Å². The highest BCUT2D eigenvalue weighted by atomic mass is 16.5. The van der Waals surface area contributed by atoms with Gasteiger partial charge in [-0.15, -0.1) is 0 Å². The lowest BCUT2D eigenvalue weighted by Crippen LogP contribution is -2.05. The summed E-state index contributed by atoms with van der Waals surface area (Å²) in [6.07, 6.45) is 3.69. The van der Waals surface area contributed by atoms with Crippen molar-refractivity contribution in [3.8, 4) is 17.0 Å². The van der Waals surface area contributed by atoms with Crippen LogP contribution in [0.4, 0.5) is 0 Å². The van der Waals surface area contributed by atoms with E-state index in [1.54, 1.807) is 13.3 Å². The number of aliphatic imine (C=N–C) groups is 1. The highest BCUT2D eigenvalue weighted by molar-refractivity contribution is 5.95. The van der Waals surface area contributed by atoms with E-state index in [0.717, 1.165) is 49.9 Å². The zero-order chi connectivity index (χ0) is 24.1. The molecule has 1 N–H and O–H groups in total. The second-order valence-corrected chi connectivity index (χ2v) is 8.27. The zero-order valence-electron chi connectivity index (χ0n) is 20.0. The molecule has 0 saturated carbocycles. The molecule has 1 aromatic heterocycles. The molecule has 1 unspecified atom stereocenters. The van der Waals surface area contributed by atoms with E-state index in [-0.39, 0.29) is 12.5 Å². The number of fused-ring (bicyclic) bond motifs is 1. The summed E-state index contributed by atoms with van der Waals surface area (Å²) in [5.74, 6) is 0.545. The monoisotopic (exact) mass is 448 g/mol. The van der Waals surface area contributed by atoms with Gasteiger partial charge in [-0.2, -0.15) is 0 Å². The second kappa shape index (κ2) is 10.3. The smallest absolute Gasteiger partial charge is 0.214 e. The maximum atomic E-state index is 9.86. The minimum Gasteiger partial charge on any atom is -0.481 e. The first-order valence-electron chi connectivity index (χ1n) is 11.3. The van der Waals surface area contributed by atoms with E-state index in [1.165, 1.54) is 0 Å². The van der Waals surface area contributed by atoms with E-state index in [2.05, 4.69) is 59.4 Å². The Balaban J connectivity index is 1.95. The molecule has 34 heavy (non-hydrogen) atoms. The van der Waals surface area contributed by atoms with Gasteiger partial charge in [0.2, 0.25) is 5.88 Å². The Hall–Kier alpha value is -3.94. The topological polar surface area (TPSA) is 54.7 Å². The van der Waals surface area contributed by atoms with Crippen molar-refractivity contribution in [3.05, 3.63) is 107 Å². The van der Waals surface area contributed by atoms with Gasteiger partial charge in [-0.1, -0.05) is 36.4 Å². The van der Waals surface area contributed by atoms with Crippen LogP contribution in [0.5, 0.6) is 5.88 Å². The largest absolute Gasteiger partial charge is 0.481 e. The molecule has 1 atom stereocenters. The number of hydrogen-bond acceptors (Lipinski definition) is 4. The summed E-state index contributed by atoms with van der Waals surface area (Å²) in [5, 5.41) is 10.9. The molecule has 4 nitrogen and oxygen atoms in total. The van der Waals surface area contributed by atoms with Crippen LogP contribution in [0.2, 0.25) is 0 Å². The Morgan fingerprint density at radius 3 is 2.62 bits per heavy atom. The average Bonchev–Trinajstić information content (AvgIpc) is 2.88. The van der Waals surface area contributed by atoms with Gasteiger partial charge in [-0.05, 0) is 90.1 Å². The third kappa shape index (κ3) is 4.71. The van der Waals surface area contributed by atoms with Crippen molar-refractivity contribution in [2.45, 2.75) is 33.3 Å². The molecule has 170 valence electrons. The summed E-state index contributed by atoms with van der Waals surface area (Å²) in [6, 6.07) is 26.4. The lowest BCUT2D eigenvalue weighted by Gasteiger charge is -2.21. The van der Waals surface area contributed by atoms with E-state index in [9.17, 15) is 5.11 Å². The van der Waals surface area contributed by atoms with Gasteiger partial charge in [0.1, 0.15) is 0 Å². The number of allylic oxidation sites excluding steroid dienone is 1. The van der Waals surface area contributed by atoms with Crippen LogP contribution in [0, 0.1) is 19.1 Å². The van der Waals surface area contributed by atoms with Crippen molar-refractivity contribution in [3.63, 3.8) is 0 Å². The number of hydrogen-bond donors (Lipinski definition) is 1. The SMILES string of the molecule is C/C=N\C=C(/C)C(c1ccc(C)c(CO)c1)c1ccc2nc(OC)cc(-c3cc#ccc3)c2c1. The van der Waals surface area contributed by atoms with Crippen LogP contribution in [0.3, 0.4) is 0 Å². The normalized spacial score (nSPS) is 12.7. The Bertz CT molecular complexity index is 1360. The number of aromatic nitrogens is 1. The van der Waals surface area contributed by atoms with Gasteiger partial charge >= 0.3 is 0 Å². The van der Waals surface area contributed by atoms with Crippen molar-refractivity contribution in [1.82, 2.24) is 4.98 Å². The number of methoxy groups -OCH3 is 1. The Kier molecular flexibility index (Phi) is 7.06. The predicted molar refractivity (Wildman–Crippen MR) is 138 cm³/mol. The summed E-state index contributed by atoms with van der Waals surface area (Å²) in [4.78, 5) is 9.06. The third-order valence-electron chi connectivity index (χ3n) is 6.08. The second-order valence-electron chi connectivity index (χ2n) is 8.27. The summed E-state index contributed by atoms with van der Waals surface area (Å²) in [6.45, 7) is 6.03. The van der Waals surface area contributed by atoms with Crippen LogP contribution in [-0.4, -0.2) is 23.4 Å². The Morgan fingerprint density at radius 2 is 1.91 bits per heavy atom. The number of rotatable bonds is 7. The summed E-state index contributed by atoms with van der Waals surface area (Å²) in [7, 11) is 1.63. The first-order valence-corrected chi connectivity index (χ1v) is 11.3. The van der Waals surface area contributed by atoms with E-state index in [1.807, 2.05) is 50.4 Å². The Labute approximate surface area is 201 Å². The lowest BCUT2D eigenvalue weighted by atomic mass is 9.83. The van der Waals surface area contributed by atoms with Crippen molar-refractivity contribution in [2.24, 2.45) is 4.99 Å². The standard InChI is InChI=1S/C30H28N2O2/c1-5-31-18-21(3)30(23-12-11-20(2)25(15-23)19-33)24-13-14-28-27(16-24)26(17-29(32-28)34-4)22-9-7-6-8-10-22/h5,7,9-18,30,33H,19H2,1-4H3/b21-18+,31-5-. The van der Waals surface area contributed by atoms with Gasteiger partial charge in [0.05, 0.1) is 19.2 Å². The number of pyridine rings is 1. The van der Waals surface area contributed by atoms with E-state index >= 15 is 0 Å². The third-order valence-corrected chi connectivity index (χ3v) is 6.08. The molecule has 3 aromatic carbocycles.